The van der Waals surface area contributed by atoms with Gasteiger partial charge in [0, 0.05) is 32.1 Å². The van der Waals surface area contributed by atoms with E-state index in [2.05, 4.69) is 19.2 Å². The molecule has 0 bridgehead atoms. The lowest BCUT2D eigenvalue weighted by Crippen LogP contribution is -2.44. The average molecular weight is 317 g/mol. The highest BCUT2D eigenvalue weighted by Gasteiger charge is 2.35. The van der Waals surface area contributed by atoms with Crippen LogP contribution in [0, 0.1) is 11.3 Å². The molecular weight excluding hydrogens is 286 g/mol. The smallest absolute Gasteiger partial charge is 0.151 e. The molecule has 1 aliphatic heterocycles. The third kappa shape index (κ3) is 5.22. The van der Waals surface area contributed by atoms with Gasteiger partial charge in [0.15, 0.2) is 9.84 Å². The quantitative estimate of drug-likeness (QED) is 0.817. The van der Waals surface area contributed by atoms with E-state index in [1.165, 1.54) is 25.5 Å². The Morgan fingerprint density at radius 2 is 1.81 bits per heavy atom. The summed E-state index contributed by atoms with van der Waals surface area (Å²) in [5.41, 5.74) is 0.215. The molecule has 1 saturated heterocycles. The average Bonchev–Trinajstić information content (AvgIpc) is 2.85. The van der Waals surface area contributed by atoms with Gasteiger partial charge in [-0.3, -0.25) is 0 Å². The molecule has 0 radical (unpaired) electrons. The monoisotopic (exact) mass is 317 g/mol. The number of hydrogen-bond acceptors (Lipinski definition) is 4. The number of ether oxygens (including phenoxy) is 1. The molecule has 0 unspecified atom stereocenters. The zero-order valence-electron chi connectivity index (χ0n) is 13.7. The first-order valence-corrected chi connectivity index (χ1v) is 10.2. The normalized spacial score (nSPS) is 28.9. The van der Waals surface area contributed by atoms with Crippen LogP contribution in [0.4, 0.5) is 0 Å². The maximum absolute atomic E-state index is 11.8. The number of nitrogens with one attached hydrogen (secondary N) is 1. The SMILES string of the molecule is CC(C)(CN[C@@H]1CCC[C@@H]1S(C)(=O)=O)CC1CCOCC1. The predicted octanol–water partition coefficient (Wildman–Crippen LogP) is 2.38. The molecule has 21 heavy (non-hydrogen) atoms. The second kappa shape index (κ2) is 6.97. The number of hydrogen-bond donors (Lipinski definition) is 1. The summed E-state index contributed by atoms with van der Waals surface area (Å²) < 4.78 is 29.1. The summed E-state index contributed by atoms with van der Waals surface area (Å²) in [6, 6.07) is 0.147. The molecule has 0 aromatic carbocycles. The van der Waals surface area contributed by atoms with E-state index in [0.717, 1.165) is 44.9 Å². The van der Waals surface area contributed by atoms with Crippen LogP contribution in [0.15, 0.2) is 0 Å². The van der Waals surface area contributed by atoms with Crippen molar-refractivity contribution in [2.24, 2.45) is 11.3 Å². The fraction of sp³-hybridized carbons (Fsp3) is 1.00. The minimum absolute atomic E-state index is 0.147. The van der Waals surface area contributed by atoms with Gasteiger partial charge < -0.3 is 10.1 Å². The van der Waals surface area contributed by atoms with E-state index in [0.29, 0.717) is 0 Å². The molecule has 2 aliphatic rings. The molecule has 2 rings (SSSR count). The zero-order chi connectivity index (χ0) is 15.5. The molecule has 0 aromatic heterocycles. The van der Waals surface area contributed by atoms with Crippen LogP contribution in [0.2, 0.25) is 0 Å². The Kier molecular flexibility index (Phi) is 5.71. The maximum Gasteiger partial charge on any atom is 0.151 e. The van der Waals surface area contributed by atoms with E-state index in [1.54, 1.807) is 0 Å². The second-order valence-corrected chi connectivity index (χ2v) is 9.97. The van der Waals surface area contributed by atoms with Crippen LogP contribution in [0.5, 0.6) is 0 Å². The summed E-state index contributed by atoms with van der Waals surface area (Å²) in [4.78, 5) is 0. The minimum Gasteiger partial charge on any atom is -0.381 e. The third-order valence-electron chi connectivity index (χ3n) is 5.03. The first-order chi connectivity index (χ1) is 9.78. The molecule has 1 aliphatic carbocycles. The van der Waals surface area contributed by atoms with Crippen LogP contribution in [0.3, 0.4) is 0 Å². The summed E-state index contributed by atoms with van der Waals surface area (Å²) >= 11 is 0. The summed E-state index contributed by atoms with van der Waals surface area (Å²) in [6.07, 6.45) is 7.74. The molecule has 2 fully saturated rings. The lowest BCUT2D eigenvalue weighted by atomic mass is 9.79. The van der Waals surface area contributed by atoms with Crippen molar-refractivity contribution in [2.75, 3.05) is 26.0 Å². The van der Waals surface area contributed by atoms with Gasteiger partial charge in [-0.2, -0.15) is 0 Å². The van der Waals surface area contributed by atoms with E-state index in [9.17, 15) is 8.42 Å². The van der Waals surface area contributed by atoms with Crippen molar-refractivity contribution in [2.45, 2.75) is 63.7 Å². The second-order valence-electron chi connectivity index (χ2n) is 7.71. The molecule has 2 atom stereocenters. The van der Waals surface area contributed by atoms with Crippen molar-refractivity contribution in [3.8, 4) is 0 Å². The minimum atomic E-state index is -2.93. The molecule has 5 heteroatoms. The highest BCUT2D eigenvalue weighted by atomic mass is 32.2. The van der Waals surface area contributed by atoms with Crippen molar-refractivity contribution in [3.63, 3.8) is 0 Å². The van der Waals surface area contributed by atoms with Crippen LogP contribution < -0.4 is 5.32 Å². The summed E-state index contributed by atoms with van der Waals surface area (Å²) in [5, 5.41) is 3.37. The van der Waals surface area contributed by atoms with Gasteiger partial charge in [0.2, 0.25) is 0 Å². The van der Waals surface area contributed by atoms with Gasteiger partial charge in [-0.25, -0.2) is 8.42 Å². The molecule has 1 heterocycles. The van der Waals surface area contributed by atoms with E-state index in [-0.39, 0.29) is 16.7 Å². The lowest BCUT2D eigenvalue weighted by Gasteiger charge is -2.33. The first kappa shape index (κ1) is 17.2. The topological polar surface area (TPSA) is 55.4 Å². The Labute approximate surface area is 129 Å². The van der Waals surface area contributed by atoms with E-state index < -0.39 is 9.84 Å². The highest BCUT2D eigenvalue weighted by molar-refractivity contribution is 7.91. The Morgan fingerprint density at radius 1 is 1.14 bits per heavy atom. The van der Waals surface area contributed by atoms with Gasteiger partial charge in [-0.1, -0.05) is 20.3 Å². The van der Waals surface area contributed by atoms with Crippen molar-refractivity contribution >= 4 is 9.84 Å². The van der Waals surface area contributed by atoms with Crippen molar-refractivity contribution in [1.29, 1.82) is 0 Å². The summed E-state index contributed by atoms with van der Waals surface area (Å²) in [6.45, 7) is 7.28. The fourth-order valence-electron chi connectivity index (χ4n) is 3.88. The number of sulfone groups is 1. The number of rotatable bonds is 6. The Bertz CT molecular complexity index is 427. The van der Waals surface area contributed by atoms with Gasteiger partial charge in [0.1, 0.15) is 0 Å². The molecule has 0 amide bonds. The standard InChI is InChI=1S/C16H31NO3S/c1-16(2,11-13-7-9-20-10-8-13)12-17-14-5-4-6-15(14)21(3,18)19/h13-15,17H,4-12H2,1-3H3/t14-,15+/m1/s1. The van der Waals surface area contributed by atoms with Gasteiger partial charge >= 0.3 is 0 Å². The molecule has 0 aromatic rings. The van der Waals surface area contributed by atoms with E-state index in [1.807, 2.05) is 0 Å². The molecule has 1 saturated carbocycles. The van der Waals surface area contributed by atoms with Crippen LogP contribution in [-0.2, 0) is 14.6 Å². The first-order valence-electron chi connectivity index (χ1n) is 8.28. The van der Waals surface area contributed by atoms with Gasteiger partial charge in [-0.05, 0) is 43.4 Å². The maximum atomic E-state index is 11.8. The zero-order valence-corrected chi connectivity index (χ0v) is 14.5. The Balaban J connectivity index is 1.83. The third-order valence-corrected chi connectivity index (χ3v) is 6.69. The summed E-state index contributed by atoms with van der Waals surface area (Å²) in [7, 11) is -2.93. The van der Waals surface area contributed by atoms with E-state index >= 15 is 0 Å². The lowest BCUT2D eigenvalue weighted by molar-refractivity contribution is 0.0509. The molecule has 0 spiro atoms. The van der Waals surface area contributed by atoms with E-state index in [4.69, 9.17) is 4.74 Å². The van der Waals surface area contributed by atoms with Crippen molar-refractivity contribution in [3.05, 3.63) is 0 Å². The van der Waals surface area contributed by atoms with Crippen molar-refractivity contribution in [1.82, 2.24) is 5.32 Å². The van der Waals surface area contributed by atoms with Crippen LogP contribution in [0.25, 0.3) is 0 Å². The largest absolute Gasteiger partial charge is 0.381 e. The van der Waals surface area contributed by atoms with Crippen molar-refractivity contribution < 1.29 is 13.2 Å². The fourth-order valence-corrected chi connectivity index (χ4v) is 5.31. The Morgan fingerprint density at radius 3 is 2.43 bits per heavy atom. The van der Waals surface area contributed by atoms with Gasteiger partial charge in [-0.15, -0.1) is 0 Å². The van der Waals surface area contributed by atoms with Crippen LogP contribution in [0.1, 0.15) is 52.4 Å². The van der Waals surface area contributed by atoms with Gasteiger partial charge in [0.05, 0.1) is 5.25 Å². The summed E-state index contributed by atoms with van der Waals surface area (Å²) in [5.74, 6) is 0.754. The van der Waals surface area contributed by atoms with Crippen LogP contribution >= 0.6 is 0 Å². The Hall–Kier alpha value is -0.130. The molecule has 4 nitrogen and oxygen atoms in total. The molecule has 1 N–H and O–H groups in total. The van der Waals surface area contributed by atoms with Gasteiger partial charge in [0.25, 0.3) is 0 Å². The molecular formula is C16H31NO3S. The molecule has 124 valence electrons. The highest BCUT2D eigenvalue weighted by Crippen LogP contribution is 2.32. The predicted molar refractivity (Wildman–Crippen MR) is 86.2 cm³/mol. The van der Waals surface area contributed by atoms with Crippen LogP contribution in [-0.4, -0.2) is 45.7 Å².